The average molecular weight is 425 g/mol. The molecule has 1 atom stereocenters. The first kappa shape index (κ1) is 16.4. The minimum Gasteiger partial charge on any atom is -0.463 e. The standard InChI is InChI=1S/C21H17BrN2O3/c1-13-4-2-5-14(8-13)24-18(11-17(23-24)19-6-3-7-25-19)15-9-20-21(10-16(15)22)27-12-26-20/h2-10,18H,11-12H2,1H3/t18-/m0/s1. The molecule has 0 saturated heterocycles. The third kappa shape index (κ3) is 2.90. The minimum absolute atomic E-state index is 0.0239. The number of nitrogens with zero attached hydrogens (tertiary/aromatic N) is 2. The van der Waals surface area contributed by atoms with Gasteiger partial charge < -0.3 is 13.9 Å². The van der Waals surface area contributed by atoms with Crippen LogP contribution in [0.5, 0.6) is 11.5 Å². The Labute approximate surface area is 165 Å². The lowest BCUT2D eigenvalue weighted by Crippen LogP contribution is -2.19. The first-order valence-electron chi connectivity index (χ1n) is 8.75. The van der Waals surface area contributed by atoms with E-state index in [-0.39, 0.29) is 12.8 Å². The van der Waals surface area contributed by atoms with Crippen LogP contribution in [0.2, 0.25) is 0 Å². The van der Waals surface area contributed by atoms with Gasteiger partial charge in [0.2, 0.25) is 6.79 Å². The summed E-state index contributed by atoms with van der Waals surface area (Å²) in [7, 11) is 0. The Morgan fingerprint density at radius 1 is 1.07 bits per heavy atom. The highest BCUT2D eigenvalue weighted by Gasteiger charge is 2.33. The summed E-state index contributed by atoms with van der Waals surface area (Å²) in [6, 6.07) is 16.2. The number of aryl methyl sites for hydroxylation is 1. The summed E-state index contributed by atoms with van der Waals surface area (Å²) in [5.41, 5.74) is 4.27. The molecule has 3 heterocycles. The maximum atomic E-state index is 5.60. The van der Waals surface area contributed by atoms with E-state index in [9.17, 15) is 0 Å². The lowest BCUT2D eigenvalue weighted by Gasteiger charge is -2.25. The molecule has 5 rings (SSSR count). The van der Waals surface area contributed by atoms with Crippen molar-refractivity contribution in [2.75, 3.05) is 11.8 Å². The molecule has 2 aliphatic rings. The molecule has 0 unspecified atom stereocenters. The van der Waals surface area contributed by atoms with E-state index in [4.69, 9.17) is 19.0 Å². The molecular formula is C21H17BrN2O3. The van der Waals surface area contributed by atoms with E-state index in [2.05, 4.69) is 52.1 Å². The molecule has 2 aromatic carbocycles. The number of rotatable bonds is 3. The van der Waals surface area contributed by atoms with Crippen molar-refractivity contribution < 1.29 is 13.9 Å². The Kier molecular flexibility index (Phi) is 3.93. The fraction of sp³-hybridized carbons (Fsp3) is 0.190. The van der Waals surface area contributed by atoms with Crippen LogP contribution in [0.4, 0.5) is 5.69 Å². The monoisotopic (exact) mass is 424 g/mol. The summed E-state index contributed by atoms with van der Waals surface area (Å²) in [6.45, 7) is 2.34. The summed E-state index contributed by atoms with van der Waals surface area (Å²) in [5, 5.41) is 6.96. The number of hydrogen-bond acceptors (Lipinski definition) is 5. The average Bonchev–Trinajstić information content (AvgIpc) is 3.40. The van der Waals surface area contributed by atoms with Crippen molar-refractivity contribution in [1.82, 2.24) is 0 Å². The van der Waals surface area contributed by atoms with Crippen molar-refractivity contribution in [2.45, 2.75) is 19.4 Å². The van der Waals surface area contributed by atoms with E-state index in [1.165, 1.54) is 5.56 Å². The van der Waals surface area contributed by atoms with Gasteiger partial charge in [-0.15, -0.1) is 0 Å². The van der Waals surface area contributed by atoms with E-state index in [0.717, 1.165) is 45.1 Å². The van der Waals surface area contributed by atoms with Crippen LogP contribution in [0.1, 0.15) is 29.3 Å². The molecule has 5 nitrogen and oxygen atoms in total. The topological polar surface area (TPSA) is 47.2 Å². The first-order chi connectivity index (χ1) is 13.2. The Morgan fingerprint density at radius 3 is 2.70 bits per heavy atom. The number of ether oxygens (including phenoxy) is 2. The molecule has 3 aromatic rings. The summed E-state index contributed by atoms with van der Waals surface area (Å²) >= 11 is 3.71. The maximum absolute atomic E-state index is 5.60. The number of hydrogen-bond donors (Lipinski definition) is 0. The number of fused-ring (bicyclic) bond motifs is 1. The Balaban J connectivity index is 1.60. The zero-order valence-corrected chi connectivity index (χ0v) is 16.3. The maximum Gasteiger partial charge on any atom is 0.231 e. The molecule has 0 amide bonds. The van der Waals surface area contributed by atoms with Gasteiger partial charge in [-0.2, -0.15) is 5.10 Å². The predicted octanol–water partition coefficient (Wildman–Crippen LogP) is 5.43. The van der Waals surface area contributed by atoms with Gasteiger partial charge in [0.25, 0.3) is 0 Å². The van der Waals surface area contributed by atoms with Gasteiger partial charge in [-0.1, -0.05) is 28.1 Å². The summed E-state index contributed by atoms with van der Waals surface area (Å²) in [6.07, 6.45) is 2.42. The first-order valence-corrected chi connectivity index (χ1v) is 9.54. The highest BCUT2D eigenvalue weighted by molar-refractivity contribution is 9.10. The molecule has 27 heavy (non-hydrogen) atoms. The van der Waals surface area contributed by atoms with Crippen LogP contribution in [-0.2, 0) is 0 Å². The molecule has 0 N–H and O–H groups in total. The smallest absolute Gasteiger partial charge is 0.231 e. The molecule has 6 heteroatoms. The molecule has 0 fully saturated rings. The molecular weight excluding hydrogens is 408 g/mol. The predicted molar refractivity (Wildman–Crippen MR) is 107 cm³/mol. The van der Waals surface area contributed by atoms with Gasteiger partial charge >= 0.3 is 0 Å². The molecule has 0 bridgehead atoms. The molecule has 0 saturated carbocycles. The van der Waals surface area contributed by atoms with E-state index in [1.54, 1.807) is 6.26 Å². The Hall–Kier alpha value is -2.73. The number of halogens is 1. The van der Waals surface area contributed by atoms with E-state index < -0.39 is 0 Å². The van der Waals surface area contributed by atoms with Gasteiger partial charge in [0.1, 0.15) is 11.5 Å². The van der Waals surface area contributed by atoms with E-state index in [1.807, 2.05) is 24.3 Å². The van der Waals surface area contributed by atoms with Gasteiger partial charge in [0.15, 0.2) is 11.5 Å². The molecule has 0 radical (unpaired) electrons. The number of hydrazone groups is 1. The molecule has 0 aliphatic carbocycles. The zero-order valence-electron chi connectivity index (χ0n) is 14.7. The minimum atomic E-state index is 0.0239. The van der Waals surface area contributed by atoms with Crippen molar-refractivity contribution in [3.63, 3.8) is 0 Å². The quantitative estimate of drug-likeness (QED) is 0.561. The van der Waals surface area contributed by atoms with Gasteiger partial charge in [-0.25, -0.2) is 0 Å². The Bertz CT molecular complexity index is 1030. The zero-order chi connectivity index (χ0) is 18.4. The van der Waals surface area contributed by atoms with Crippen LogP contribution in [0.3, 0.4) is 0 Å². The summed E-state index contributed by atoms with van der Waals surface area (Å²) < 4.78 is 17.7. The summed E-state index contributed by atoms with van der Waals surface area (Å²) in [5.74, 6) is 2.33. The van der Waals surface area contributed by atoms with Gasteiger partial charge in [0, 0.05) is 10.9 Å². The van der Waals surface area contributed by atoms with E-state index >= 15 is 0 Å². The van der Waals surface area contributed by atoms with Crippen molar-refractivity contribution in [2.24, 2.45) is 5.10 Å². The largest absolute Gasteiger partial charge is 0.463 e. The third-order valence-corrected chi connectivity index (χ3v) is 5.52. The van der Waals surface area contributed by atoms with Crippen molar-refractivity contribution in [3.8, 4) is 11.5 Å². The van der Waals surface area contributed by atoms with Gasteiger partial charge in [0.05, 0.1) is 18.0 Å². The van der Waals surface area contributed by atoms with Crippen LogP contribution in [0.25, 0.3) is 0 Å². The molecule has 0 spiro atoms. The van der Waals surface area contributed by atoms with Crippen molar-refractivity contribution in [1.29, 1.82) is 0 Å². The highest BCUT2D eigenvalue weighted by atomic mass is 79.9. The van der Waals surface area contributed by atoms with Crippen LogP contribution >= 0.6 is 15.9 Å². The SMILES string of the molecule is Cc1cccc(N2N=C(c3ccco3)C[C@H]2c2cc3c(cc2Br)OCO3)c1. The van der Waals surface area contributed by atoms with Gasteiger partial charge in [-0.3, -0.25) is 5.01 Å². The second-order valence-corrected chi connectivity index (χ2v) is 7.51. The second kappa shape index (κ2) is 6.46. The van der Waals surface area contributed by atoms with Crippen LogP contribution in [0.15, 0.2) is 68.8 Å². The van der Waals surface area contributed by atoms with Crippen molar-refractivity contribution >= 4 is 27.3 Å². The van der Waals surface area contributed by atoms with E-state index in [0.29, 0.717) is 0 Å². The summed E-state index contributed by atoms with van der Waals surface area (Å²) in [4.78, 5) is 0. The number of benzene rings is 2. The molecule has 1 aromatic heterocycles. The highest BCUT2D eigenvalue weighted by Crippen LogP contribution is 2.44. The lowest BCUT2D eigenvalue weighted by atomic mass is 10.00. The fourth-order valence-electron chi connectivity index (χ4n) is 3.54. The third-order valence-electron chi connectivity index (χ3n) is 4.83. The van der Waals surface area contributed by atoms with Gasteiger partial charge in [-0.05, 0) is 54.4 Å². The number of anilines is 1. The second-order valence-electron chi connectivity index (χ2n) is 6.65. The van der Waals surface area contributed by atoms with Crippen molar-refractivity contribution in [3.05, 3.63) is 76.2 Å². The van der Waals surface area contributed by atoms with Crippen LogP contribution < -0.4 is 14.5 Å². The lowest BCUT2D eigenvalue weighted by molar-refractivity contribution is 0.174. The van der Waals surface area contributed by atoms with Crippen LogP contribution in [-0.4, -0.2) is 12.5 Å². The molecule has 2 aliphatic heterocycles. The fourth-order valence-corrected chi connectivity index (χ4v) is 4.13. The normalized spacial score (nSPS) is 18.1. The number of furan rings is 1. The molecule has 136 valence electrons. The van der Waals surface area contributed by atoms with Crippen LogP contribution in [0, 0.1) is 6.92 Å². The Morgan fingerprint density at radius 2 is 1.93 bits per heavy atom.